The Hall–Kier alpha value is -2.69. The van der Waals surface area contributed by atoms with Gasteiger partial charge in [0, 0.05) is 5.56 Å². The van der Waals surface area contributed by atoms with Crippen molar-refractivity contribution in [3.8, 4) is 16.9 Å². The monoisotopic (exact) mass is 282 g/mol. The molecule has 21 heavy (non-hydrogen) atoms. The number of benzene rings is 2. The molecule has 0 saturated carbocycles. The van der Waals surface area contributed by atoms with Crippen LogP contribution in [0.3, 0.4) is 0 Å². The number of para-hydroxylation sites is 1. The van der Waals surface area contributed by atoms with E-state index in [0.717, 1.165) is 23.2 Å². The predicted molar refractivity (Wildman–Crippen MR) is 80.5 cm³/mol. The number of anilines is 1. The summed E-state index contributed by atoms with van der Waals surface area (Å²) in [6.07, 6.45) is 0.876. The second-order valence-corrected chi connectivity index (χ2v) is 4.72. The van der Waals surface area contributed by atoms with Gasteiger partial charge in [-0.05, 0) is 42.3 Å². The smallest absolute Gasteiger partial charge is 0.155 e. The Morgan fingerprint density at radius 3 is 2.52 bits per heavy atom. The first-order chi connectivity index (χ1) is 10.2. The highest BCUT2D eigenvalue weighted by atomic mass is 19.1. The Kier molecular flexibility index (Phi) is 3.39. The van der Waals surface area contributed by atoms with Crippen molar-refractivity contribution in [1.29, 1.82) is 0 Å². The molecule has 0 amide bonds. The highest BCUT2D eigenvalue weighted by molar-refractivity contribution is 5.71. The van der Waals surface area contributed by atoms with E-state index in [1.54, 1.807) is 16.8 Å². The molecule has 0 unspecified atom stereocenters. The van der Waals surface area contributed by atoms with Crippen LogP contribution >= 0.6 is 0 Å². The zero-order valence-corrected chi connectivity index (χ0v) is 11.6. The Bertz CT molecular complexity index is 762. The van der Waals surface area contributed by atoms with Crippen molar-refractivity contribution in [3.05, 3.63) is 59.9 Å². The number of aryl methyl sites for hydroxylation is 1. The summed E-state index contributed by atoms with van der Waals surface area (Å²) in [7, 11) is 0. The van der Waals surface area contributed by atoms with Crippen LogP contribution in [0, 0.1) is 5.82 Å². The van der Waals surface area contributed by atoms with Gasteiger partial charge in [0.05, 0.1) is 5.69 Å². The van der Waals surface area contributed by atoms with E-state index in [1.807, 2.05) is 24.3 Å². The van der Waals surface area contributed by atoms with E-state index >= 15 is 0 Å². The van der Waals surface area contributed by atoms with Crippen molar-refractivity contribution in [2.24, 2.45) is 0 Å². The quantitative estimate of drug-likeness (QED) is 0.802. The molecule has 106 valence electrons. The molecule has 2 aromatic carbocycles. The van der Waals surface area contributed by atoms with Gasteiger partial charge in [-0.25, -0.2) is 4.39 Å². The van der Waals surface area contributed by atoms with Crippen LogP contribution in [-0.2, 0) is 6.42 Å². The van der Waals surface area contributed by atoms with Crippen molar-refractivity contribution in [2.45, 2.75) is 13.3 Å². The average Bonchev–Trinajstić information content (AvgIpc) is 2.89. The van der Waals surface area contributed by atoms with Gasteiger partial charge in [0.1, 0.15) is 11.5 Å². The lowest BCUT2D eigenvalue weighted by atomic mass is 10.1. The highest BCUT2D eigenvalue weighted by Gasteiger charge is 2.14. The summed E-state index contributed by atoms with van der Waals surface area (Å²) in [4.78, 5) is 0. The zero-order valence-electron chi connectivity index (χ0n) is 11.6. The molecule has 0 saturated heterocycles. The molecule has 0 bridgehead atoms. The number of halogens is 1. The Labute approximate surface area is 122 Å². The van der Waals surface area contributed by atoms with Crippen molar-refractivity contribution in [2.75, 3.05) is 5.73 Å². The molecule has 0 radical (unpaired) electrons. The van der Waals surface area contributed by atoms with Crippen LogP contribution in [0.5, 0.6) is 0 Å². The molecule has 3 aromatic rings. The SMILES string of the molecule is CCc1ccccc1-n1nnc(-c2ccc(F)cc2)c1N. The van der Waals surface area contributed by atoms with Crippen molar-refractivity contribution >= 4 is 5.82 Å². The van der Waals surface area contributed by atoms with Crippen LogP contribution in [0.2, 0.25) is 0 Å². The number of rotatable bonds is 3. The molecule has 3 rings (SSSR count). The molecular weight excluding hydrogens is 267 g/mol. The van der Waals surface area contributed by atoms with Gasteiger partial charge in [0.2, 0.25) is 0 Å². The first kappa shape index (κ1) is 13.3. The Balaban J connectivity index is 2.09. The van der Waals surface area contributed by atoms with Crippen LogP contribution in [0.15, 0.2) is 48.5 Å². The van der Waals surface area contributed by atoms with Crippen LogP contribution in [0.1, 0.15) is 12.5 Å². The van der Waals surface area contributed by atoms with E-state index in [1.165, 1.54) is 12.1 Å². The second-order valence-electron chi connectivity index (χ2n) is 4.72. The Morgan fingerprint density at radius 2 is 1.81 bits per heavy atom. The third kappa shape index (κ3) is 2.38. The summed E-state index contributed by atoms with van der Waals surface area (Å²) < 4.78 is 14.6. The topological polar surface area (TPSA) is 56.7 Å². The van der Waals surface area contributed by atoms with Gasteiger partial charge < -0.3 is 5.73 Å². The summed E-state index contributed by atoms with van der Waals surface area (Å²) >= 11 is 0. The Morgan fingerprint density at radius 1 is 1.10 bits per heavy atom. The highest BCUT2D eigenvalue weighted by Crippen LogP contribution is 2.26. The second kappa shape index (κ2) is 5.36. The molecule has 4 nitrogen and oxygen atoms in total. The lowest BCUT2D eigenvalue weighted by Gasteiger charge is -2.08. The minimum Gasteiger partial charge on any atom is -0.382 e. The maximum absolute atomic E-state index is 13.0. The zero-order chi connectivity index (χ0) is 14.8. The molecule has 0 aliphatic carbocycles. The van der Waals surface area contributed by atoms with Crippen molar-refractivity contribution in [1.82, 2.24) is 15.0 Å². The number of aromatic nitrogens is 3. The lowest BCUT2D eigenvalue weighted by Crippen LogP contribution is -2.05. The average molecular weight is 282 g/mol. The minimum atomic E-state index is -0.291. The molecule has 2 N–H and O–H groups in total. The fraction of sp³-hybridized carbons (Fsp3) is 0.125. The largest absolute Gasteiger partial charge is 0.382 e. The van der Waals surface area contributed by atoms with E-state index in [4.69, 9.17) is 5.73 Å². The molecular formula is C16H15FN4. The molecule has 0 fully saturated rings. The van der Waals surface area contributed by atoms with E-state index in [2.05, 4.69) is 17.2 Å². The fourth-order valence-corrected chi connectivity index (χ4v) is 2.30. The number of nitrogen functional groups attached to an aromatic ring is 1. The van der Waals surface area contributed by atoms with Gasteiger partial charge in [-0.3, -0.25) is 0 Å². The van der Waals surface area contributed by atoms with Gasteiger partial charge in [0.25, 0.3) is 0 Å². The third-order valence-electron chi connectivity index (χ3n) is 3.42. The summed E-state index contributed by atoms with van der Waals surface area (Å²) in [6, 6.07) is 14.0. The van der Waals surface area contributed by atoms with Gasteiger partial charge in [-0.1, -0.05) is 30.3 Å². The molecule has 1 heterocycles. The van der Waals surface area contributed by atoms with E-state index in [0.29, 0.717) is 11.5 Å². The van der Waals surface area contributed by atoms with Crippen LogP contribution in [0.4, 0.5) is 10.2 Å². The molecule has 0 aliphatic heterocycles. The number of hydrogen-bond acceptors (Lipinski definition) is 3. The minimum absolute atomic E-state index is 0.291. The molecule has 0 atom stereocenters. The summed E-state index contributed by atoms with van der Waals surface area (Å²) in [5.41, 5.74) is 9.53. The maximum atomic E-state index is 13.0. The normalized spacial score (nSPS) is 10.8. The van der Waals surface area contributed by atoms with Gasteiger partial charge in [-0.15, -0.1) is 5.10 Å². The van der Waals surface area contributed by atoms with Crippen LogP contribution in [-0.4, -0.2) is 15.0 Å². The summed E-state index contributed by atoms with van der Waals surface area (Å²) in [5, 5.41) is 8.27. The fourth-order valence-electron chi connectivity index (χ4n) is 2.30. The van der Waals surface area contributed by atoms with Crippen LogP contribution < -0.4 is 5.73 Å². The number of hydrogen-bond donors (Lipinski definition) is 1. The van der Waals surface area contributed by atoms with Crippen molar-refractivity contribution < 1.29 is 4.39 Å². The standard InChI is InChI=1S/C16H15FN4/c1-2-11-5-3-4-6-14(11)21-16(18)15(19-20-21)12-7-9-13(17)10-8-12/h3-10H,2,18H2,1H3. The summed E-state index contributed by atoms with van der Waals surface area (Å²) in [6.45, 7) is 2.08. The summed E-state index contributed by atoms with van der Waals surface area (Å²) in [5.74, 6) is 0.156. The van der Waals surface area contributed by atoms with Gasteiger partial charge in [0.15, 0.2) is 5.82 Å². The molecule has 5 heteroatoms. The van der Waals surface area contributed by atoms with Gasteiger partial charge >= 0.3 is 0 Å². The first-order valence-corrected chi connectivity index (χ1v) is 6.76. The predicted octanol–water partition coefficient (Wildman–Crippen LogP) is 3.22. The molecule has 1 aromatic heterocycles. The molecule has 0 spiro atoms. The number of nitrogens with two attached hydrogens (primary N) is 1. The third-order valence-corrected chi connectivity index (χ3v) is 3.42. The van der Waals surface area contributed by atoms with E-state index in [9.17, 15) is 4.39 Å². The van der Waals surface area contributed by atoms with E-state index in [-0.39, 0.29) is 5.82 Å². The van der Waals surface area contributed by atoms with E-state index < -0.39 is 0 Å². The van der Waals surface area contributed by atoms with Gasteiger partial charge in [-0.2, -0.15) is 4.68 Å². The first-order valence-electron chi connectivity index (χ1n) is 6.76. The van der Waals surface area contributed by atoms with Crippen LogP contribution in [0.25, 0.3) is 16.9 Å². The number of nitrogens with zero attached hydrogens (tertiary/aromatic N) is 3. The maximum Gasteiger partial charge on any atom is 0.155 e. The molecule has 0 aliphatic rings. The lowest BCUT2D eigenvalue weighted by molar-refractivity contribution is 0.628. The van der Waals surface area contributed by atoms with Crippen molar-refractivity contribution in [3.63, 3.8) is 0 Å².